The third-order valence-electron chi connectivity index (χ3n) is 2.31. The van der Waals surface area contributed by atoms with E-state index < -0.39 is 0 Å². The van der Waals surface area contributed by atoms with Crippen molar-refractivity contribution in [2.75, 3.05) is 12.4 Å². The normalized spacial score (nSPS) is 12.3. The molecule has 1 unspecified atom stereocenters. The molecule has 0 aliphatic carbocycles. The van der Waals surface area contributed by atoms with Crippen LogP contribution in [0.5, 0.6) is 0 Å². The summed E-state index contributed by atoms with van der Waals surface area (Å²) in [5.74, 6) is 0.0759. The summed E-state index contributed by atoms with van der Waals surface area (Å²) < 4.78 is 0.994. The zero-order chi connectivity index (χ0) is 11.4. The zero-order valence-corrected chi connectivity index (χ0v) is 12.4. The molecule has 0 fully saturated rings. The SMILES string of the molecule is CC(CBr)N(C)C(=O)c1ccccc1I. The molecule has 1 rings (SSSR count). The Morgan fingerprint density at radius 1 is 1.53 bits per heavy atom. The first-order valence-corrected chi connectivity index (χ1v) is 6.85. The van der Waals surface area contributed by atoms with Crippen molar-refractivity contribution in [3.8, 4) is 0 Å². The van der Waals surface area contributed by atoms with E-state index >= 15 is 0 Å². The van der Waals surface area contributed by atoms with E-state index in [1.165, 1.54) is 0 Å². The summed E-state index contributed by atoms with van der Waals surface area (Å²) in [5.41, 5.74) is 0.772. The number of carbonyl (C=O) groups is 1. The van der Waals surface area contributed by atoms with Gasteiger partial charge in [0.05, 0.1) is 5.56 Å². The minimum Gasteiger partial charge on any atom is -0.338 e. The van der Waals surface area contributed by atoms with E-state index in [0.717, 1.165) is 14.5 Å². The van der Waals surface area contributed by atoms with E-state index in [4.69, 9.17) is 0 Å². The maximum atomic E-state index is 12.1. The second-order valence-corrected chi connectivity index (χ2v) is 5.21. The lowest BCUT2D eigenvalue weighted by molar-refractivity contribution is 0.0757. The fourth-order valence-electron chi connectivity index (χ4n) is 1.13. The Bertz CT molecular complexity index is 356. The molecule has 0 aromatic heterocycles. The topological polar surface area (TPSA) is 20.3 Å². The van der Waals surface area contributed by atoms with Crippen LogP contribution in [0.2, 0.25) is 0 Å². The molecule has 2 nitrogen and oxygen atoms in total. The summed E-state index contributed by atoms with van der Waals surface area (Å²) in [6.07, 6.45) is 0. The number of alkyl halides is 1. The number of carbonyl (C=O) groups excluding carboxylic acids is 1. The highest BCUT2D eigenvalue weighted by molar-refractivity contribution is 14.1. The van der Waals surface area contributed by atoms with Crippen molar-refractivity contribution in [1.29, 1.82) is 0 Å². The van der Waals surface area contributed by atoms with Gasteiger partial charge in [-0.2, -0.15) is 0 Å². The average Bonchev–Trinajstić information content (AvgIpc) is 2.26. The van der Waals surface area contributed by atoms with Gasteiger partial charge in [0.15, 0.2) is 0 Å². The fourth-order valence-corrected chi connectivity index (χ4v) is 2.18. The average molecular weight is 382 g/mol. The lowest BCUT2D eigenvalue weighted by Crippen LogP contribution is -2.36. The Labute approximate surface area is 112 Å². The van der Waals surface area contributed by atoms with Gasteiger partial charge >= 0.3 is 0 Å². The number of hydrogen-bond donors (Lipinski definition) is 0. The van der Waals surface area contributed by atoms with Gasteiger partial charge in [0.1, 0.15) is 0 Å². The number of rotatable bonds is 3. The molecule has 0 saturated heterocycles. The third kappa shape index (κ3) is 3.17. The van der Waals surface area contributed by atoms with Crippen molar-refractivity contribution in [2.45, 2.75) is 13.0 Å². The molecular formula is C11H13BrINO. The first-order valence-electron chi connectivity index (χ1n) is 4.65. The molecule has 1 amide bonds. The molecule has 0 radical (unpaired) electrons. The lowest BCUT2D eigenvalue weighted by atomic mass is 10.2. The number of nitrogens with zero attached hydrogens (tertiary/aromatic N) is 1. The summed E-state index contributed by atoms with van der Waals surface area (Å²) in [6.45, 7) is 2.02. The van der Waals surface area contributed by atoms with E-state index in [1.807, 2.05) is 38.2 Å². The lowest BCUT2D eigenvalue weighted by Gasteiger charge is -2.23. The van der Waals surface area contributed by atoms with Crippen LogP contribution in [0.15, 0.2) is 24.3 Å². The fraction of sp³-hybridized carbons (Fsp3) is 0.364. The minimum absolute atomic E-state index is 0.0759. The van der Waals surface area contributed by atoms with Crippen LogP contribution in [0.4, 0.5) is 0 Å². The van der Waals surface area contributed by atoms with Crippen LogP contribution in [-0.4, -0.2) is 29.2 Å². The standard InChI is InChI=1S/C11H13BrINO/c1-8(7-12)14(2)11(15)9-5-3-4-6-10(9)13/h3-6,8H,7H2,1-2H3. The Morgan fingerprint density at radius 3 is 2.67 bits per heavy atom. The first kappa shape index (κ1) is 13.0. The monoisotopic (exact) mass is 381 g/mol. The second kappa shape index (κ2) is 5.84. The summed E-state index contributed by atoms with van der Waals surface area (Å²) >= 11 is 5.56. The summed E-state index contributed by atoms with van der Waals surface area (Å²) in [7, 11) is 1.83. The van der Waals surface area contributed by atoms with E-state index in [0.29, 0.717) is 0 Å². The largest absolute Gasteiger partial charge is 0.338 e. The zero-order valence-electron chi connectivity index (χ0n) is 8.71. The highest BCUT2D eigenvalue weighted by atomic mass is 127. The number of benzene rings is 1. The molecular weight excluding hydrogens is 369 g/mol. The van der Waals surface area contributed by atoms with Crippen LogP contribution in [0.3, 0.4) is 0 Å². The van der Waals surface area contributed by atoms with Gasteiger partial charge in [0.25, 0.3) is 5.91 Å². The molecule has 0 N–H and O–H groups in total. The molecule has 1 aromatic carbocycles. The molecule has 0 saturated carbocycles. The minimum atomic E-state index is 0.0759. The molecule has 4 heteroatoms. The smallest absolute Gasteiger partial charge is 0.254 e. The molecule has 0 bridgehead atoms. The van der Waals surface area contributed by atoms with Crippen LogP contribution in [-0.2, 0) is 0 Å². The van der Waals surface area contributed by atoms with E-state index in [2.05, 4.69) is 38.5 Å². The van der Waals surface area contributed by atoms with Crippen molar-refractivity contribution in [2.24, 2.45) is 0 Å². The van der Waals surface area contributed by atoms with E-state index in [1.54, 1.807) is 4.90 Å². The maximum absolute atomic E-state index is 12.1. The Hall–Kier alpha value is -0.100. The summed E-state index contributed by atoms with van der Waals surface area (Å²) in [4.78, 5) is 13.8. The van der Waals surface area contributed by atoms with Crippen molar-refractivity contribution in [1.82, 2.24) is 4.90 Å². The summed E-state index contributed by atoms with van der Waals surface area (Å²) in [5, 5.41) is 0.790. The van der Waals surface area contributed by atoms with Crippen molar-refractivity contribution < 1.29 is 4.79 Å². The number of hydrogen-bond acceptors (Lipinski definition) is 1. The highest BCUT2D eigenvalue weighted by Crippen LogP contribution is 2.15. The van der Waals surface area contributed by atoms with Gasteiger partial charge in [-0.3, -0.25) is 4.79 Å². The van der Waals surface area contributed by atoms with Gasteiger partial charge in [-0.1, -0.05) is 28.1 Å². The molecule has 82 valence electrons. The predicted octanol–water partition coefficient (Wildman–Crippen LogP) is 3.15. The van der Waals surface area contributed by atoms with Gasteiger partial charge in [0.2, 0.25) is 0 Å². The Morgan fingerprint density at radius 2 is 2.13 bits per heavy atom. The van der Waals surface area contributed by atoms with E-state index in [-0.39, 0.29) is 11.9 Å². The van der Waals surface area contributed by atoms with Gasteiger partial charge in [-0.05, 0) is 41.6 Å². The molecule has 1 aromatic rings. The van der Waals surface area contributed by atoms with Gasteiger partial charge in [0, 0.05) is 22.0 Å². The third-order valence-corrected chi connectivity index (χ3v) is 4.19. The van der Waals surface area contributed by atoms with Crippen LogP contribution in [0.25, 0.3) is 0 Å². The van der Waals surface area contributed by atoms with Crippen LogP contribution < -0.4 is 0 Å². The summed E-state index contributed by atoms with van der Waals surface area (Å²) in [6, 6.07) is 7.84. The Balaban J connectivity index is 2.90. The number of halogens is 2. The molecule has 1 atom stereocenters. The maximum Gasteiger partial charge on any atom is 0.254 e. The highest BCUT2D eigenvalue weighted by Gasteiger charge is 2.18. The molecule has 0 aliphatic heterocycles. The van der Waals surface area contributed by atoms with Gasteiger partial charge in [-0.25, -0.2) is 0 Å². The van der Waals surface area contributed by atoms with Crippen molar-refractivity contribution >= 4 is 44.4 Å². The van der Waals surface area contributed by atoms with Crippen molar-refractivity contribution in [3.05, 3.63) is 33.4 Å². The van der Waals surface area contributed by atoms with Crippen LogP contribution >= 0.6 is 38.5 Å². The molecule has 15 heavy (non-hydrogen) atoms. The van der Waals surface area contributed by atoms with Crippen molar-refractivity contribution in [3.63, 3.8) is 0 Å². The van der Waals surface area contributed by atoms with Gasteiger partial charge < -0.3 is 4.90 Å². The Kier molecular flexibility index (Phi) is 5.05. The second-order valence-electron chi connectivity index (χ2n) is 3.40. The van der Waals surface area contributed by atoms with E-state index in [9.17, 15) is 4.79 Å². The number of amides is 1. The predicted molar refractivity (Wildman–Crippen MR) is 74.5 cm³/mol. The van der Waals surface area contributed by atoms with Gasteiger partial charge in [-0.15, -0.1) is 0 Å². The molecule has 0 spiro atoms. The quantitative estimate of drug-likeness (QED) is 0.581. The van der Waals surface area contributed by atoms with Crippen LogP contribution in [0, 0.1) is 3.57 Å². The first-order chi connectivity index (χ1) is 7.07. The van der Waals surface area contributed by atoms with Crippen LogP contribution in [0.1, 0.15) is 17.3 Å². The molecule has 0 heterocycles. The molecule has 0 aliphatic rings.